The fourth-order valence-corrected chi connectivity index (χ4v) is 4.80. The van der Waals surface area contributed by atoms with E-state index in [1.54, 1.807) is 6.07 Å². The fourth-order valence-electron chi connectivity index (χ4n) is 4.80. The van der Waals surface area contributed by atoms with Crippen LogP contribution in [-0.2, 0) is 4.79 Å². The summed E-state index contributed by atoms with van der Waals surface area (Å²) in [5.74, 6) is 0.116. The minimum absolute atomic E-state index is 0.0744. The Hall–Kier alpha value is -2.48. The second-order valence-corrected chi connectivity index (χ2v) is 9.09. The number of aliphatic hydroxyl groups is 2. The normalized spacial score (nSPS) is 22.0. The number of halogens is 1. The Morgan fingerprint density at radius 3 is 2.53 bits per heavy atom. The third-order valence-electron chi connectivity index (χ3n) is 6.66. The maximum atomic E-state index is 13.5. The minimum atomic E-state index is -0.731. The number of benzene rings is 2. The Morgan fingerprint density at radius 1 is 1.22 bits per heavy atom. The standard InChI is InChI=1S/C25H31FN2O4/c1-16(27-17(2)29)18-3-5-19(6-4-18)23(31)15-28-11-9-25(10-12-28)14-22(30)21-13-20(26)7-8-24(21)32-25/h3-8,13,16,22-23,30-31H,9-12,14-15H2,1-2H3,(H,27,29). The lowest BCUT2D eigenvalue weighted by Crippen LogP contribution is -2.51. The van der Waals surface area contributed by atoms with Gasteiger partial charge < -0.3 is 25.2 Å². The molecule has 0 radical (unpaired) electrons. The molecule has 1 fully saturated rings. The zero-order valence-corrected chi connectivity index (χ0v) is 18.6. The van der Waals surface area contributed by atoms with Gasteiger partial charge in [-0.05, 0) is 49.1 Å². The van der Waals surface area contributed by atoms with Crippen LogP contribution in [0.25, 0.3) is 0 Å². The Balaban J connectivity index is 1.33. The third kappa shape index (κ3) is 4.95. The van der Waals surface area contributed by atoms with E-state index >= 15 is 0 Å². The number of aliphatic hydroxyl groups excluding tert-OH is 2. The van der Waals surface area contributed by atoms with Gasteiger partial charge in [0.15, 0.2) is 0 Å². The van der Waals surface area contributed by atoms with Gasteiger partial charge in [0.1, 0.15) is 17.2 Å². The molecule has 1 spiro atoms. The summed E-state index contributed by atoms with van der Waals surface area (Å²) in [6.07, 6.45) is 0.579. The van der Waals surface area contributed by atoms with Crippen molar-refractivity contribution in [3.63, 3.8) is 0 Å². The highest BCUT2D eigenvalue weighted by Crippen LogP contribution is 2.44. The highest BCUT2D eigenvalue weighted by Gasteiger charge is 2.43. The summed E-state index contributed by atoms with van der Waals surface area (Å²) in [6.45, 7) is 5.43. The molecule has 172 valence electrons. The van der Waals surface area contributed by atoms with Crippen LogP contribution in [0.2, 0.25) is 0 Å². The number of piperidine rings is 1. The van der Waals surface area contributed by atoms with E-state index < -0.39 is 17.8 Å². The molecule has 2 aliphatic rings. The number of rotatable bonds is 5. The predicted molar refractivity (Wildman–Crippen MR) is 119 cm³/mol. The number of likely N-dealkylation sites (tertiary alicyclic amines) is 1. The number of amides is 1. The number of nitrogens with zero attached hydrogens (tertiary/aromatic N) is 1. The smallest absolute Gasteiger partial charge is 0.217 e. The van der Waals surface area contributed by atoms with E-state index in [4.69, 9.17) is 4.74 Å². The molecule has 1 amide bonds. The number of fused-ring (bicyclic) bond motifs is 1. The Labute approximate surface area is 188 Å². The average molecular weight is 443 g/mol. The first-order chi connectivity index (χ1) is 15.2. The van der Waals surface area contributed by atoms with E-state index in [-0.39, 0.29) is 17.8 Å². The number of ether oxygens (including phenoxy) is 1. The van der Waals surface area contributed by atoms with Crippen molar-refractivity contribution >= 4 is 5.91 Å². The molecule has 4 rings (SSSR count). The zero-order valence-electron chi connectivity index (χ0n) is 18.6. The number of hydrogen-bond donors (Lipinski definition) is 3. The molecule has 2 aliphatic heterocycles. The Kier molecular flexibility index (Phi) is 6.51. The van der Waals surface area contributed by atoms with Crippen molar-refractivity contribution in [1.29, 1.82) is 0 Å². The van der Waals surface area contributed by atoms with Crippen LogP contribution in [0.4, 0.5) is 4.39 Å². The molecule has 0 aromatic heterocycles. The molecule has 2 heterocycles. The van der Waals surface area contributed by atoms with Crippen molar-refractivity contribution in [3.8, 4) is 5.75 Å². The van der Waals surface area contributed by atoms with Gasteiger partial charge in [0.2, 0.25) is 5.91 Å². The van der Waals surface area contributed by atoms with E-state index in [0.29, 0.717) is 24.3 Å². The largest absolute Gasteiger partial charge is 0.487 e. The van der Waals surface area contributed by atoms with Gasteiger partial charge in [-0.3, -0.25) is 4.79 Å². The van der Waals surface area contributed by atoms with Gasteiger partial charge in [-0.1, -0.05) is 24.3 Å². The summed E-state index contributed by atoms with van der Waals surface area (Å²) in [7, 11) is 0. The number of hydrogen-bond acceptors (Lipinski definition) is 5. The van der Waals surface area contributed by atoms with Crippen LogP contribution in [0.5, 0.6) is 5.75 Å². The van der Waals surface area contributed by atoms with E-state index in [1.165, 1.54) is 19.1 Å². The molecule has 1 saturated heterocycles. The van der Waals surface area contributed by atoms with E-state index in [2.05, 4.69) is 10.2 Å². The highest BCUT2D eigenvalue weighted by molar-refractivity contribution is 5.73. The third-order valence-corrected chi connectivity index (χ3v) is 6.66. The molecule has 0 bridgehead atoms. The van der Waals surface area contributed by atoms with Crippen molar-refractivity contribution in [1.82, 2.24) is 10.2 Å². The maximum Gasteiger partial charge on any atom is 0.217 e. The van der Waals surface area contributed by atoms with Gasteiger partial charge in [-0.15, -0.1) is 0 Å². The van der Waals surface area contributed by atoms with Gasteiger partial charge in [0.25, 0.3) is 0 Å². The van der Waals surface area contributed by atoms with Crippen LogP contribution in [0.3, 0.4) is 0 Å². The Morgan fingerprint density at radius 2 is 1.88 bits per heavy atom. The highest BCUT2D eigenvalue weighted by atomic mass is 19.1. The lowest BCUT2D eigenvalue weighted by Gasteiger charge is -2.46. The molecule has 3 N–H and O–H groups in total. The molecular formula is C25H31FN2O4. The fraction of sp³-hybridized carbons (Fsp3) is 0.480. The molecule has 0 saturated carbocycles. The van der Waals surface area contributed by atoms with Crippen molar-refractivity contribution in [2.75, 3.05) is 19.6 Å². The van der Waals surface area contributed by atoms with E-state index in [0.717, 1.165) is 37.1 Å². The lowest BCUT2D eigenvalue weighted by atomic mass is 9.81. The molecule has 0 aliphatic carbocycles. The van der Waals surface area contributed by atoms with Gasteiger partial charge in [-0.2, -0.15) is 0 Å². The van der Waals surface area contributed by atoms with Crippen molar-refractivity contribution in [3.05, 3.63) is 65.0 Å². The van der Waals surface area contributed by atoms with E-state index in [9.17, 15) is 19.4 Å². The van der Waals surface area contributed by atoms with E-state index in [1.807, 2.05) is 31.2 Å². The summed E-state index contributed by atoms with van der Waals surface area (Å²) in [5.41, 5.74) is 1.89. The molecule has 32 heavy (non-hydrogen) atoms. The van der Waals surface area contributed by atoms with Crippen molar-refractivity contribution < 1.29 is 24.1 Å². The molecule has 7 heteroatoms. The molecule has 3 unspecified atom stereocenters. The monoisotopic (exact) mass is 442 g/mol. The lowest BCUT2D eigenvalue weighted by molar-refractivity contribution is -0.119. The summed E-state index contributed by atoms with van der Waals surface area (Å²) in [6, 6.07) is 11.9. The minimum Gasteiger partial charge on any atom is -0.487 e. The number of nitrogens with one attached hydrogen (secondary N) is 1. The number of carbonyl (C=O) groups excluding carboxylic acids is 1. The molecule has 6 nitrogen and oxygen atoms in total. The van der Waals surface area contributed by atoms with Crippen LogP contribution in [0.15, 0.2) is 42.5 Å². The SMILES string of the molecule is CC(=O)NC(C)c1ccc(C(O)CN2CCC3(CC2)CC(O)c2cc(F)ccc2O3)cc1. The van der Waals surface area contributed by atoms with Crippen molar-refractivity contribution in [2.45, 2.75) is 57.0 Å². The topological polar surface area (TPSA) is 82.0 Å². The summed E-state index contributed by atoms with van der Waals surface area (Å²) in [5, 5.41) is 24.1. The van der Waals surface area contributed by atoms with Crippen LogP contribution < -0.4 is 10.1 Å². The van der Waals surface area contributed by atoms with Crippen LogP contribution in [0.1, 0.15) is 68.1 Å². The first-order valence-corrected chi connectivity index (χ1v) is 11.2. The number of carbonyl (C=O) groups is 1. The summed E-state index contributed by atoms with van der Waals surface area (Å²) >= 11 is 0. The molecule has 3 atom stereocenters. The molecular weight excluding hydrogens is 411 g/mol. The number of β-amino-alcohol motifs (C(OH)–C–C–N with tert-alkyl or cyclic N) is 1. The first-order valence-electron chi connectivity index (χ1n) is 11.2. The Bertz CT molecular complexity index is 957. The summed E-state index contributed by atoms with van der Waals surface area (Å²) in [4.78, 5) is 13.4. The second kappa shape index (κ2) is 9.17. The maximum absolute atomic E-state index is 13.5. The van der Waals surface area contributed by atoms with Gasteiger partial charge in [0, 0.05) is 38.5 Å². The van der Waals surface area contributed by atoms with Crippen LogP contribution in [0, 0.1) is 5.82 Å². The predicted octanol–water partition coefficient (Wildman–Crippen LogP) is 3.41. The van der Waals surface area contributed by atoms with Crippen molar-refractivity contribution in [2.24, 2.45) is 0 Å². The van der Waals surface area contributed by atoms with Gasteiger partial charge >= 0.3 is 0 Å². The zero-order chi connectivity index (χ0) is 22.9. The molecule has 2 aromatic carbocycles. The van der Waals surface area contributed by atoms with Gasteiger partial charge in [0.05, 0.1) is 18.2 Å². The molecule has 2 aromatic rings. The second-order valence-electron chi connectivity index (χ2n) is 9.09. The average Bonchev–Trinajstić information content (AvgIpc) is 2.76. The van der Waals surface area contributed by atoms with Gasteiger partial charge in [-0.25, -0.2) is 4.39 Å². The summed E-state index contributed by atoms with van der Waals surface area (Å²) < 4.78 is 19.8. The first kappa shape index (κ1) is 22.7. The van der Waals surface area contributed by atoms with Crippen LogP contribution >= 0.6 is 0 Å². The quantitative estimate of drug-likeness (QED) is 0.661. The van der Waals surface area contributed by atoms with Crippen LogP contribution in [-0.4, -0.2) is 46.3 Å².